The monoisotopic (exact) mass is 288 g/mol. The smallest absolute Gasteiger partial charge is 0.227 e. The van der Waals surface area contributed by atoms with Crippen LogP contribution in [0.1, 0.15) is 31.4 Å². The van der Waals surface area contributed by atoms with Crippen LogP contribution in [0.15, 0.2) is 24.3 Å². The van der Waals surface area contributed by atoms with Gasteiger partial charge in [-0.1, -0.05) is 31.7 Å². The van der Waals surface area contributed by atoms with Gasteiger partial charge in [0, 0.05) is 26.2 Å². The minimum Gasteiger partial charge on any atom is -0.341 e. The Morgan fingerprint density at radius 1 is 1.19 bits per heavy atom. The van der Waals surface area contributed by atoms with Crippen LogP contribution in [0.25, 0.3) is 0 Å². The number of fused-ring (bicyclic) bond motifs is 2. The van der Waals surface area contributed by atoms with Gasteiger partial charge in [0.05, 0.1) is 6.42 Å². The van der Waals surface area contributed by atoms with E-state index in [4.69, 9.17) is 0 Å². The van der Waals surface area contributed by atoms with Gasteiger partial charge < -0.3 is 9.80 Å². The first kappa shape index (κ1) is 16.0. The van der Waals surface area contributed by atoms with Crippen molar-refractivity contribution in [2.75, 3.05) is 32.7 Å². The van der Waals surface area contributed by atoms with Gasteiger partial charge in [-0.05, 0) is 43.4 Å². The van der Waals surface area contributed by atoms with Crippen molar-refractivity contribution in [2.45, 2.75) is 33.6 Å². The van der Waals surface area contributed by atoms with Crippen molar-refractivity contribution >= 4 is 5.91 Å². The van der Waals surface area contributed by atoms with E-state index in [0.717, 1.165) is 19.6 Å². The molecule has 2 atom stereocenters. The molecule has 2 aliphatic heterocycles. The van der Waals surface area contributed by atoms with E-state index in [9.17, 15) is 4.79 Å². The highest BCUT2D eigenvalue weighted by molar-refractivity contribution is 5.79. The van der Waals surface area contributed by atoms with Gasteiger partial charge in [0.1, 0.15) is 0 Å². The van der Waals surface area contributed by atoms with Crippen molar-refractivity contribution in [3.05, 3.63) is 35.4 Å². The fourth-order valence-electron chi connectivity index (χ4n) is 3.48. The molecule has 0 aliphatic carbocycles. The molecule has 0 spiro atoms. The zero-order valence-electron chi connectivity index (χ0n) is 12.3. The van der Waals surface area contributed by atoms with Crippen LogP contribution < -0.4 is 0 Å². The number of hydrogen-bond acceptors (Lipinski definition) is 2. The van der Waals surface area contributed by atoms with Crippen LogP contribution in [0.2, 0.25) is 0 Å². The van der Waals surface area contributed by atoms with Gasteiger partial charge in [0.15, 0.2) is 0 Å². The van der Waals surface area contributed by atoms with Crippen molar-refractivity contribution in [2.24, 2.45) is 5.92 Å². The Hall–Kier alpha value is -1.35. The molecule has 1 amide bonds. The number of carbonyl (C=O) groups is 1. The Balaban J connectivity index is 0.00000161. The standard InChI is InChI=1S/C17H24N2O.CH4/c1-14-5-2-3-7-16(14)11-17(20)19-10-9-18-8-4-6-15(12-18)13-19;/h2-3,5,7,15H,4,6,8-13H2,1H3;1H4. The average molecular weight is 288 g/mol. The summed E-state index contributed by atoms with van der Waals surface area (Å²) in [6.45, 7) is 7.41. The summed E-state index contributed by atoms with van der Waals surface area (Å²) in [7, 11) is 0. The quantitative estimate of drug-likeness (QED) is 0.835. The Kier molecular flexibility index (Phi) is 5.40. The Morgan fingerprint density at radius 2 is 2.00 bits per heavy atom. The first-order valence-electron chi connectivity index (χ1n) is 7.77. The second-order valence-corrected chi connectivity index (χ2v) is 6.25. The summed E-state index contributed by atoms with van der Waals surface area (Å²) in [5.74, 6) is 0.986. The Morgan fingerprint density at radius 3 is 2.81 bits per heavy atom. The molecule has 3 rings (SSSR count). The van der Waals surface area contributed by atoms with Crippen LogP contribution >= 0.6 is 0 Å². The van der Waals surface area contributed by atoms with E-state index in [1.807, 2.05) is 12.1 Å². The lowest BCUT2D eigenvalue weighted by Crippen LogP contribution is -2.37. The Labute approximate surface area is 128 Å². The highest BCUT2D eigenvalue weighted by Gasteiger charge is 2.28. The molecule has 21 heavy (non-hydrogen) atoms. The van der Waals surface area contributed by atoms with Gasteiger partial charge in [-0.3, -0.25) is 4.79 Å². The molecule has 0 N–H and O–H groups in total. The lowest BCUT2D eigenvalue weighted by Gasteiger charge is -2.29. The van der Waals surface area contributed by atoms with E-state index in [2.05, 4.69) is 28.9 Å². The van der Waals surface area contributed by atoms with Crippen molar-refractivity contribution in [1.82, 2.24) is 9.80 Å². The number of nitrogens with zero attached hydrogens (tertiary/aromatic N) is 2. The zero-order chi connectivity index (χ0) is 13.9. The number of hydrogen-bond donors (Lipinski definition) is 0. The van der Waals surface area contributed by atoms with Crippen molar-refractivity contribution in [3.63, 3.8) is 0 Å². The van der Waals surface area contributed by atoms with Crippen LogP contribution in [0, 0.1) is 12.8 Å². The predicted molar refractivity (Wildman–Crippen MR) is 87.4 cm³/mol. The molecule has 2 fully saturated rings. The number of rotatable bonds is 2. The molecule has 3 nitrogen and oxygen atoms in total. The maximum Gasteiger partial charge on any atom is 0.227 e. The summed E-state index contributed by atoms with van der Waals surface area (Å²) < 4.78 is 0. The largest absolute Gasteiger partial charge is 0.341 e. The second-order valence-electron chi connectivity index (χ2n) is 6.25. The minimum atomic E-state index is 0. The van der Waals surface area contributed by atoms with E-state index in [1.54, 1.807) is 0 Å². The predicted octanol–water partition coefficient (Wildman–Crippen LogP) is 2.73. The van der Waals surface area contributed by atoms with E-state index >= 15 is 0 Å². The van der Waals surface area contributed by atoms with E-state index in [1.165, 1.54) is 37.1 Å². The number of amides is 1. The van der Waals surface area contributed by atoms with Gasteiger partial charge in [0.2, 0.25) is 5.91 Å². The van der Waals surface area contributed by atoms with Crippen LogP contribution in [0.5, 0.6) is 0 Å². The molecule has 116 valence electrons. The third-order valence-electron chi connectivity index (χ3n) is 4.72. The number of aryl methyl sites for hydroxylation is 1. The van der Waals surface area contributed by atoms with E-state index in [-0.39, 0.29) is 7.43 Å². The second kappa shape index (κ2) is 7.08. The number of benzene rings is 1. The molecule has 2 saturated heterocycles. The zero-order valence-corrected chi connectivity index (χ0v) is 12.3. The molecular formula is C18H28N2O. The average Bonchev–Trinajstić information content (AvgIpc) is 2.60. The van der Waals surface area contributed by atoms with Crippen LogP contribution in [0.3, 0.4) is 0 Å². The highest BCUT2D eigenvalue weighted by Crippen LogP contribution is 2.21. The molecule has 0 radical (unpaired) electrons. The highest BCUT2D eigenvalue weighted by atomic mass is 16.2. The van der Waals surface area contributed by atoms with Crippen molar-refractivity contribution in [1.29, 1.82) is 0 Å². The Bertz CT molecular complexity index is 486. The maximum absolute atomic E-state index is 12.6. The maximum atomic E-state index is 12.6. The first-order chi connectivity index (χ1) is 9.72. The lowest BCUT2D eigenvalue weighted by molar-refractivity contribution is -0.130. The van der Waals surface area contributed by atoms with Gasteiger partial charge in [-0.25, -0.2) is 0 Å². The molecule has 1 aromatic carbocycles. The SMILES string of the molecule is C.Cc1ccccc1CC(=O)N1CCN2CCCC(C2)C1. The lowest BCUT2D eigenvalue weighted by atomic mass is 9.98. The summed E-state index contributed by atoms with van der Waals surface area (Å²) in [5, 5.41) is 0. The van der Waals surface area contributed by atoms with Crippen molar-refractivity contribution in [3.8, 4) is 0 Å². The fourth-order valence-corrected chi connectivity index (χ4v) is 3.48. The number of piperidine rings is 1. The molecule has 2 bridgehead atoms. The molecule has 2 heterocycles. The van der Waals surface area contributed by atoms with Gasteiger partial charge in [0.25, 0.3) is 0 Å². The minimum absolute atomic E-state index is 0. The van der Waals surface area contributed by atoms with Crippen LogP contribution in [0.4, 0.5) is 0 Å². The topological polar surface area (TPSA) is 23.6 Å². The van der Waals surface area contributed by atoms with Crippen LogP contribution in [-0.2, 0) is 11.2 Å². The molecule has 3 heteroatoms. The normalized spacial score (nSPS) is 24.9. The molecule has 2 unspecified atom stereocenters. The third kappa shape index (κ3) is 3.85. The van der Waals surface area contributed by atoms with Gasteiger partial charge in [-0.15, -0.1) is 0 Å². The summed E-state index contributed by atoms with van der Waals surface area (Å²) in [4.78, 5) is 17.2. The molecule has 1 aromatic rings. The number of carbonyl (C=O) groups excluding carboxylic acids is 1. The van der Waals surface area contributed by atoms with E-state index < -0.39 is 0 Å². The third-order valence-corrected chi connectivity index (χ3v) is 4.72. The summed E-state index contributed by atoms with van der Waals surface area (Å²) >= 11 is 0. The van der Waals surface area contributed by atoms with Gasteiger partial charge >= 0.3 is 0 Å². The van der Waals surface area contributed by atoms with Crippen molar-refractivity contribution < 1.29 is 4.79 Å². The molecule has 0 aromatic heterocycles. The van der Waals surface area contributed by atoms with Crippen LogP contribution in [-0.4, -0.2) is 48.4 Å². The fraction of sp³-hybridized carbons (Fsp3) is 0.611. The molecule has 0 saturated carbocycles. The summed E-state index contributed by atoms with van der Waals surface area (Å²) in [5.41, 5.74) is 2.39. The molecule has 2 aliphatic rings. The summed E-state index contributed by atoms with van der Waals surface area (Å²) in [6.07, 6.45) is 3.13. The molecular weight excluding hydrogens is 260 g/mol. The van der Waals surface area contributed by atoms with Gasteiger partial charge in [-0.2, -0.15) is 0 Å². The first-order valence-corrected chi connectivity index (χ1v) is 7.77. The summed E-state index contributed by atoms with van der Waals surface area (Å²) in [6, 6.07) is 8.22. The van der Waals surface area contributed by atoms with E-state index in [0.29, 0.717) is 18.2 Å².